The summed E-state index contributed by atoms with van der Waals surface area (Å²) in [6, 6.07) is 9.94. The largest absolute Gasteiger partial charge is 0.425 e. The van der Waals surface area contributed by atoms with E-state index in [1.165, 1.54) is 30.3 Å². The van der Waals surface area contributed by atoms with Crippen molar-refractivity contribution in [2.75, 3.05) is 6.54 Å². The third-order valence-electron chi connectivity index (χ3n) is 4.22. The SMILES string of the molecule is CCCNC(=O)c1ccc2c(c1)C(O)(C(F)(F)F)c1ccccc1-2. The molecule has 1 aliphatic carbocycles. The highest BCUT2D eigenvalue weighted by Gasteiger charge is 2.60. The molecule has 0 spiro atoms. The van der Waals surface area contributed by atoms with Crippen molar-refractivity contribution in [3.8, 4) is 11.1 Å². The Kier molecular flexibility index (Phi) is 3.87. The summed E-state index contributed by atoms with van der Waals surface area (Å²) >= 11 is 0. The number of aliphatic hydroxyl groups is 1. The first-order chi connectivity index (χ1) is 11.3. The summed E-state index contributed by atoms with van der Waals surface area (Å²) in [5.41, 5.74) is -2.91. The van der Waals surface area contributed by atoms with Crippen molar-refractivity contribution in [2.24, 2.45) is 0 Å². The van der Waals surface area contributed by atoms with E-state index in [1.54, 1.807) is 6.07 Å². The van der Waals surface area contributed by atoms with E-state index in [0.717, 1.165) is 6.07 Å². The van der Waals surface area contributed by atoms with Crippen LogP contribution in [0.5, 0.6) is 0 Å². The molecule has 1 atom stereocenters. The minimum absolute atomic E-state index is 0.0951. The molecule has 0 aromatic heterocycles. The molecule has 0 bridgehead atoms. The number of fused-ring (bicyclic) bond motifs is 3. The lowest BCUT2D eigenvalue weighted by Gasteiger charge is -2.28. The topological polar surface area (TPSA) is 49.3 Å². The molecule has 1 aliphatic rings. The van der Waals surface area contributed by atoms with E-state index in [-0.39, 0.29) is 22.3 Å². The molecule has 126 valence electrons. The smallest absolute Gasteiger partial charge is 0.372 e. The predicted molar refractivity (Wildman–Crippen MR) is 83.6 cm³/mol. The maximum absolute atomic E-state index is 13.7. The fourth-order valence-electron chi connectivity index (χ4n) is 3.04. The second-order valence-corrected chi connectivity index (χ2v) is 5.77. The van der Waals surface area contributed by atoms with Crippen molar-refractivity contribution >= 4 is 5.91 Å². The van der Waals surface area contributed by atoms with E-state index >= 15 is 0 Å². The molecule has 0 fully saturated rings. The molecule has 2 aromatic carbocycles. The van der Waals surface area contributed by atoms with Gasteiger partial charge in [0.15, 0.2) is 0 Å². The fraction of sp³-hybridized carbons (Fsp3) is 0.278. The first-order valence-corrected chi connectivity index (χ1v) is 7.62. The molecule has 0 saturated carbocycles. The molecule has 1 amide bonds. The van der Waals surface area contributed by atoms with Crippen LogP contribution in [0.1, 0.15) is 34.8 Å². The maximum atomic E-state index is 13.7. The molecule has 1 unspecified atom stereocenters. The van der Waals surface area contributed by atoms with Crippen molar-refractivity contribution in [2.45, 2.75) is 25.1 Å². The van der Waals surface area contributed by atoms with Crippen LogP contribution >= 0.6 is 0 Å². The van der Waals surface area contributed by atoms with Gasteiger partial charge in [-0.25, -0.2) is 0 Å². The summed E-state index contributed by atoms with van der Waals surface area (Å²) in [5.74, 6) is -0.458. The third kappa shape index (κ3) is 2.29. The number of carbonyl (C=O) groups excluding carboxylic acids is 1. The molecule has 3 nitrogen and oxygen atoms in total. The van der Waals surface area contributed by atoms with E-state index < -0.39 is 17.7 Å². The lowest BCUT2D eigenvalue weighted by Crippen LogP contribution is -2.41. The number of hydrogen-bond donors (Lipinski definition) is 2. The Hall–Kier alpha value is -2.34. The summed E-state index contributed by atoms with van der Waals surface area (Å²) in [7, 11) is 0. The van der Waals surface area contributed by atoms with Crippen LogP contribution in [0, 0.1) is 0 Å². The quantitative estimate of drug-likeness (QED) is 0.900. The fourth-order valence-corrected chi connectivity index (χ4v) is 3.04. The first-order valence-electron chi connectivity index (χ1n) is 7.62. The number of alkyl halides is 3. The van der Waals surface area contributed by atoms with Gasteiger partial charge in [-0.1, -0.05) is 37.3 Å². The lowest BCUT2D eigenvalue weighted by molar-refractivity contribution is -0.246. The van der Waals surface area contributed by atoms with E-state index in [0.29, 0.717) is 18.5 Å². The van der Waals surface area contributed by atoms with Gasteiger partial charge in [-0.3, -0.25) is 4.79 Å². The number of benzene rings is 2. The molecule has 2 N–H and O–H groups in total. The standard InChI is InChI=1S/C18H16F3NO2/c1-2-9-22-16(23)11-7-8-13-12-5-3-4-6-14(12)17(24,15(13)10-11)18(19,20)21/h3-8,10,24H,2,9H2,1H3,(H,22,23). The molecule has 3 rings (SSSR count). The Labute approximate surface area is 137 Å². The van der Waals surface area contributed by atoms with Crippen LogP contribution in [0.25, 0.3) is 11.1 Å². The molecule has 0 heterocycles. The Morgan fingerprint density at radius 2 is 1.79 bits per heavy atom. The summed E-state index contributed by atoms with van der Waals surface area (Å²) < 4.78 is 41.1. The number of halogens is 3. The van der Waals surface area contributed by atoms with Crippen LogP contribution in [0.2, 0.25) is 0 Å². The highest BCUT2D eigenvalue weighted by atomic mass is 19.4. The van der Waals surface area contributed by atoms with E-state index in [2.05, 4.69) is 5.32 Å². The molecule has 2 aromatic rings. The molecule has 0 radical (unpaired) electrons. The zero-order valence-corrected chi connectivity index (χ0v) is 12.9. The van der Waals surface area contributed by atoms with Gasteiger partial charge in [0, 0.05) is 23.2 Å². The van der Waals surface area contributed by atoms with Gasteiger partial charge in [0.05, 0.1) is 0 Å². The second kappa shape index (κ2) is 5.63. The van der Waals surface area contributed by atoms with E-state index in [4.69, 9.17) is 0 Å². The van der Waals surface area contributed by atoms with Crippen LogP contribution in [-0.2, 0) is 5.60 Å². The Balaban J connectivity index is 2.17. The van der Waals surface area contributed by atoms with Crippen LogP contribution in [0.3, 0.4) is 0 Å². The molecule has 0 aliphatic heterocycles. The monoisotopic (exact) mass is 335 g/mol. The first kappa shape index (κ1) is 16.5. The lowest BCUT2D eigenvalue weighted by atomic mass is 9.90. The van der Waals surface area contributed by atoms with E-state index in [9.17, 15) is 23.1 Å². The van der Waals surface area contributed by atoms with Gasteiger partial charge in [-0.15, -0.1) is 0 Å². The normalized spacial score (nSPS) is 18.9. The summed E-state index contributed by atoms with van der Waals surface area (Å²) in [4.78, 5) is 12.1. The number of amides is 1. The van der Waals surface area contributed by atoms with Gasteiger partial charge >= 0.3 is 6.18 Å². The zero-order valence-electron chi connectivity index (χ0n) is 12.9. The van der Waals surface area contributed by atoms with Crippen molar-refractivity contribution in [3.05, 3.63) is 59.2 Å². The van der Waals surface area contributed by atoms with Crippen LogP contribution in [-0.4, -0.2) is 23.7 Å². The number of rotatable bonds is 3. The highest BCUT2D eigenvalue weighted by Crippen LogP contribution is 2.54. The van der Waals surface area contributed by atoms with Crippen LogP contribution in [0.4, 0.5) is 13.2 Å². The predicted octanol–water partition coefficient (Wildman–Crippen LogP) is 3.61. The summed E-state index contributed by atoms with van der Waals surface area (Å²) in [6.45, 7) is 2.31. The Bertz CT molecular complexity index is 801. The summed E-state index contributed by atoms with van der Waals surface area (Å²) in [5, 5.41) is 13.2. The van der Waals surface area contributed by atoms with Crippen LogP contribution in [0.15, 0.2) is 42.5 Å². The van der Waals surface area contributed by atoms with Gasteiger partial charge in [0.1, 0.15) is 0 Å². The van der Waals surface area contributed by atoms with Crippen molar-refractivity contribution in [1.29, 1.82) is 0 Å². The average Bonchev–Trinajstić information content (AvgIpc) is 2.83. The molecular weight excluding hydrogens is 319 g/mol. The van der Waals surface area contributed by atoms with Gasteiger partial charge < -0.3 is 10.4 Å². The van der Waals surface area contributed by atoms with E-state index in [1.807, 2.05) is 6.92 Å². The zero-order chi connectivity index (χ0) is 17.5. The second-order valence-electron chi connectivity index (χ2n) is 5.77. The van der Waals surface area contributed by atoms with Crippen LogP contribution < -0.4 is 5.32 Å². The maximum Gasteiger partial charge on any atom is 0.425 e. The Morgan fingerprint density at radius 1 is 1.12 bits per heavy atom. The molecular formula is C18H16F3NO2. The number of carbonyl (C=O) groups is 1. The highest BCUT2D eigenvalue weighted by molar-refractivity contribution is 5.96. The van der Waals surface area contributed by atoms with Gasteiger partial charge in [-0.2, -0.15) is 13.2 Å². The Morgan fingerprint density at radius 3 is 2.46 bits per heavy atom. The number of nitrogens with one attached hydrogen (secondary N) is 1. The number of hydrogen-bond acceptors (Lipinski definition) is 2. The van der Waals surface area contributed by atoms with Crippen molar-refractivity contribution in [1.82, 2.24) is 5.32 Å². The van der Waals surface area contributed by atoms with Crippen molar-refractivity contribution in [3.63, 3.8) is 0 Å². The summed E-state index contributed by atoms with van der Waals surface area (Å²) in [6.07, 6.45) is -4.18. The van der Waals surface area contributed by atoms with Gasteiger partial charge in [-0.05, 0) is 29.7 Å². The molecule has 24 heavy (non-hydrogen) atoms. The molecule has 0 saturated heterocycles. The third-order valence-corrected chi connectivity index (χ3v) is 4.22. The van der Waals surface area contributed by atoms with Crippen molar-refractivity contribution < 1.29 is 23.1 Å². The minimum atomic E-state index is -4.90. The average molecular weight is 335 g/mol. The molecule has 6 heteroatoms. The van der Waals surface area contributed by atoms with Gasteiger partial charge in [0.25, 0.3) is 5.91 Å². The minimum Gasteiger partial charge on any atom is -0.372 e. The van der Waals surface area contributed by atoms with Gasteiger partial charge in [0.2, 0.25) is 5.60 Å².